The van der Waals surface area contributed by atoms with Crippen molar-refractivity contribution in [2.45, 2.75) is 12.8 Å². The largest absolute Gasteiger partial charge is 0.384 e. The van der Waals surface area contributed by atoms with Crippen molar-refractivity contribution in [2.24, 2.45) is 5.92 Å². The summed E-state index contributed by atoms with van der Waals surface area (Å²) in [5.74, 6) is 4.60. The molecule has 0 unspecified atom stereocenters. The van der Waals surface area contributed by atoms with Gasteiger partial charge < -0.3 is 10.4 Å². The van der Waals surface area contributed by atoms with Crippen LogP contribution in [-0.4, -0.2) is 24.2 Å². The molecule has 18 heavy (non-hydrogen) atoms. The molecule has 1 amide bonds. The van der Waals surface area contributed by atoms with Crippen molar-refractivity contribution in [3.63, 3.8) is 0 Å². The lowest BCUT2D eigenvalue weighted by Gasteiger charge is -2.05. The number of carbonyl (C=O) groups excluding carboxylic acids is 1. The lowest BCUT2D eigenvalue weighted by atomic mass is 10.1. The minimum atomic E-state index is -0.590. The molecular formula is C14H14FNO2. The Labute approximate surface area is 105 Å². The van der Waals surface area contributed by atoms with Crippen molar-refractivity contribution < 1.29 is 14.3 Å². The van der Waals surface area contributed by atoms with Crippen molar-refractivity contribution in [1.82, 2.24) is 5.32 Å². The molecule has 1 aliphatic rings. The molecular weight excluding hydrogens is 233 g/mol. The third kappa shape index (κ3) is 3.31. The topological polar surface area (TPSA) is 49.3 Å². The van der Waals surface area contributed by atoms with Crippen molar-refractivity contribution in [3.8, 4) is 11.8 Å². The average Bonchev–Trinajstić information content (AvgIpc) is 3.17. The highest BCUT2D eigenvalue weighted by Gasteiger charge is 2.22. The van der Waals surface area contributed by atoms with E-state index in [1.165, 1.54) is 12.1 Å². The van der Waals surface area contributed by atoms with Crippen LogP contribution >= 0.6 is 0 Å². The maximum atomic E-state index is 13.7. The summed E-state index contributed by atoms with van der Waals surface area (Å²) in [5, 5.41) is 11.2. The minimum absolute atomic E-state index is 0.0326. The number of hydrogen-bond acceptors (Lipinski definition) is 2. The summed E-state index contributed by atoms with van der Waals surface area (Å²) < 4.78 is 13.7. The number of nitrogens with one attached hydrogen (secondary N) is 1. The first-order valence-electron chi connectivity index (χ1n) is 5.88. The number of hydrogen-bond donors (Lipinski definition) is 2. The molecule has 0 radical (unpaired) electrons. The summed E-state index contributed by atoms with van der Waals surface area (Å²) in [4.78, 5) is 11.7. The van der Waals surface area contributed by atoms with Crippen molar-refractivity contribution in [3.05, 3.63) is 35.1 Å². The number of halogens is 1. The second-order valence-corrected chi connectivity index (χ2v) is 4.31. The second-order valence-electron chi connectivity index (χ2n) is 4.31. The van der Waals surface area contributed by atoms with E-state index in [0.29, 0.717) is 18.0 Å². The molecule has 0 bridgehead atoms. The third-order valence-corrected chi connectivity index (χ3v) is 2.77. The van der Waals surface area contributed by atoms with Crippen LogP contribution in [0.15, 0.2) is 18.2 Å². The van der Waals surface area contributed by atoms with Gasteiger partial charge in [-0.15, -0.1) is 0 Å². The molecule has 0 atom stereocenters. The summed E-state index contributed by atoms with van der Waals surface area (Å²) in [7, 11) is 0. The number of amides is 1. The lowest BCUT2D eigenvalue weighted by Crippen LogP contribution is -2.26. The van der Waals surface area contributed by atoms with Gasteiger partial charge >= 0.3 is 0 Å². The van der Waals surface area contributed by atoms with Crippen LogP contribution in [0.1, 0.15) is 28.8 Å². The minimum Gasteiger partial charge on any atom is -0.384 e. The molecule has 0 heterocycles. The number of carbonyl (C=O) groups is 1. The number of aliphatic hydroxyl groups is 1. The molecule has 0 spiro atoms. The first-order chi connectivity index (χ1) is 8.70. The van der Waals surface area contributed by atoms with E-state index >= 15 is 0 Å². The third-order valence-electron chi connectivity index (χ3n) is 2.77. The fourth-order valence-corrected chi connectivity index (χ4v) is 1.57. The van der Waals surface area contributed by atoms with Crippen LogP contribution in [0.4, 0.5) is 4.39 Å². The summed E-state index contributed by atoms with van der Waals surface area (Å²) in [6.45, 7) is 0.343. The highest BCUT2D eigenvalue weighted by atomic mass is 19.1. The Morgan fingerprint density at radius 1 is 1.50 bits per heavy atom. The molecule has 94 valence electrons. The molecule has 4 heteroatoms. The van der Waals surface area contributed by atoms with Gasteiger partial charge in [-0.05, 0) is 37.0 Å². The summed E-state index contributed by atoms with van der Waals surface area (Å²) >= 11 is 0. The van der Waals surface area contributed by atoms with Crippen LogP contribution < -0.4 is 5.32 Å². The molecule has 0 aromatic heterocycles. The van der Waals surface area contributed by atoms with Gasteiger partial charge in [-0.3, -0.25) is 4.79 Å². The van der Waals surface area contributed by atoms with E-state index in [1.54, 1.807) is 6.07 Å². The Morgan fingerprint density at radius 2 is 2.28 bits per heavy atom. The SMILES string of the molecule is O=C(NCC1CC1)c1ccc(C#CCO)cc1F. The van der Waals surface area contributed by atoms with E-state index < -0.39 is 5.82 Å². The van der Waals surface area contributed by atoms with E-state index in [-0.39, 0.29) is 18.1 Å². The van der Waals surface area contributed by atoms with E-state index in [2.05, 4.69) is 17.2 Å². The van der Waals surface area contributed by atoms with Gasteiger partial charge in [0.15, 0.2) is 0 Å². The maximum absolute atomic E-state index is 13.7. The molecule has 1 saturated carbocycles. The van der Waals surface area contributed by atoms with Crippen molar-refractivity contribution in [1.29, 1.82) is 0 Å². The number of rotatable bonds is 3. The molecule has 1 fully saturated rings. The Balaban J connectivity index is 2.05. The van der Waals surface area contributed by atoms with Crippen LogP contribution in [0.3, 0.4) is 0 Å². The summed E-state index contributed by atoms with van der Waals surface area (Å²) in [5.41, 5.74) is 0.477. The monoisotopic (exact) mass is 247 g/mol. The fourth-order valence-electron chi connectivity index (χ4n) is 1.57. The number of aliphatic hydroxyl groups excluding tert-OH is 1. The van der Waals surface area contributed by atoms with Crippen molar-refractivity contribution >= 4 is 5.91 Å². The van der Waals surface area contributed by atoms with Gasteiger partial charge in [-0.2, -0.15) is 0 Å². The smallest absolute Gasteiger partial charge is 0.254 e. The standard InChI is InChI=1S/C14H14FNO2/c15-13-8-10(2-1-7-17)5-6-12(13)14(18)16-9-11-3-4-11/h5-6,8,11,17H,3-4,7,9H2,(H,16,18). The van der Waals surface area contributed by atoms with E-state index in [9.17, 15) is 9.18 Å². The van der Waals surface area contributed by atoms with Crippen LogP contribution in [-0.2, 0) is 0 Å². The van der Waals surface area contributed by atoms with Crippen LogP contribution in [0.25, 0.3) is 0 Å². The van der Waals surface area contributed by atoms with E-state index in [1.807, 2.05) is 0 Å². The zero-order chi connectivity index (χ0) is 13.0. The van der Waals surface area contributed by atoms with E-state index in [0.717, 1.165) is 12.8 Å². The van der Waals surface area contributed by atoms with Gasteiger partial charge in [0, 0.05) is 12.1 Å². The highest BCUT2D eigenvalue weighted by molar-refractivity contribution is 5.94. The summed E-state index contributed by atoms with van der Waals surface area (Å²) in [6.07, 6.45) is 2.27. The van der Waals surface area contributed by atoms with Crippen LogP contribution in [0.5, 0.6) is 0 Å². The molecule has 0 aliphatic heterocycles. The van der Waals surface area contributed by atoms with Gasteiger partial charge in [0.05, 0.1) is 5.56 Å². The molecule has 0 saturated heterocycles. The zero-order valence-corrected chi connectivity index (χ0v) is 9.87. The normalized spacial score (nSPS) is 13.7. The Morgan fingerprint density at radius 3 is 2.89 bits per heavy atom. The molecule has 1 aromatic carbocycles. The molecule has 2 N–H and O–H groups in total. The average molecular weight is 247 g/mol. The van der Waals surface area contributed by atoms with Gasteiger partial charge in [-0.1, -0.05) is 11.8 Å². The van der Waals surface area contributed by atoms with E-state index in [4.69, 9.17) is 5.11 Å². The Hall–Kier alpha value is -1.86. The quantitative estimate of drug-likeness (QED) is 0.791. The first kappa shape index (κ1) is 12.6. The molecule has 3 nitrogen and oxygen atoms in total. The number of benzene rings is 1. The molecule has 1 aromatic rings. The Kier molecular flexibility index (Phi) is 3.96. The second kappa shape index (κ2) is 5.65. The fraction of sp³-hybridized carbons (Fsp3) is 0.357. The lowest BCUT2D eigenvalue weighted by molar-refractivity contribution is 0.0948. The molecule has 1 aliphatic carbocycles. The van der Waals surface area contributed by atoms with Gasteiger partial charge in [0.2, 0.25) is 0 Å². The van der Waals surface area contributed by atoms with Gasteiger partial charge in [0.1, 0.15) is 12.4 Å². The highest BCUT2D eigenvalue weighted by Crippen LogP contribution is 2.27. The van der Waals surface area contributed by atoms with Crippen LogP contribution in [0, 0.1) is 23.6 Å². The summed E-state index contributed by atoms with van der Waals surface area (Å²) in [6, 6.07) is 4.19. The zero-order valence-electron chi connectivity index (χ0n) is 9.87. The maximum Gasteiger partial charge on any atom is 0.254 e. The Bertz CT molecular complexity index is 512. The predicted octanol–water partition coefficient (Wildman–Crippen LogP) is 1.31. The van der Waals surface area contributed by atoms with Gasteiger partial charge in [0.25, 0.3) is 5.91 Å². The predicted molar refractivity (Wildman–Crippen MR) is 65.4 cm³/mol. The molecule has 2 rings (SSSR count). The first-order valence-corrected chi connectivity index (χ1v) is 5.88. The van der Waals surface area contributed by atoms with Crippen LogP contribution in [0.2, 0.25) is 0 Å². The van der Waals surface area contributed by atoms with Crippen molar-refractivity contribution in [2.75, 3.05) is 13.2 Å². The van der Waals surface area contributed by atoms with Gasteiger partial charge in [-0.25, -0.2) is 4.39 Å².